The van der Waals surface area contributed by atoms with Gasteiger partial charge in [0.15, 0.2) is 0 Å². The van der Waals surface area contributed by atoms with E-state index in [-0.39, 0.29) is 10.8 Å². The van der Waals surface area contributed by atoms with Crippen molar-refractivity contribution in [2.24, 2.45) is 27.2 Å². The van der Waals surface area contributed by atoms with Crippen molar-refractivity contribution in [3.8, 4) is 0 Å². The zero-order chi connectivity index (χ0) is 11.5. The molecule has 0 aromatic rings. The Hall–Kier alpha value is -1.06. The third-order valence-corrected chi connectivity index (χ3v) is 5.28. The van der Waals surface area contributed by atoms with Gasteiger partial charge in [-0.1, -0.05) is 20.8 Å². The van der Waals surface area contributed by atoms with E-state index in [1.165, 1.54) is 0 Å². The van der Waals surface area contributed by atoms with Gasteiger partial charge < -0.3 is 15.7 Å². The largest absolute Gasteiger partial charge is 0.550 e. The first-order chi connectivity index (χ1) is 6.82. The first-order valence-corrected chi connectivity index (χ1v) is 5.30. The van der Waals surface area contributed by atoms with Gasteiger partial charge in [0.05, 0.1) is 0 Å². The zero-order valence-electron chi connectivity index (χ0n) is 9.46. The molecule has 0 heterocycles. The van der Waals surface area contributed by atoms with Crippen molar-refractivity contribution in [3.63, 3.8) is 0 Å². The summed E-state index contributed by atoms with van der Waals surface area (Å²) in [5.74, 6) is 4.41. The SMILES string of the molecule is CC1(C)[C@@]2(C(=O)[O-])CC[C@@]1(C)/C(=N\N)C2. The monoisotopic (exact) mass is 209 g/mol. The Morgan fingerprint density at radius 2 is 2.00 bits per heavy atom. The highest BCUT2D eigenvalue weighted by atomic mass is 16.4. The van der Waals surface area contributed by atoms with Crippen LogP contribution in [-0.4, -0.2) is 11.7 Å². The third-order valence-electron chi connectivity index (χ3n) is 5.28. The van der Waals surface area contributed by atoms with E-state index in [0.29, 0.717) is 12.8 Å². The van der Waals surface area contributed by atoms with Crippen LogP contribution in [0.2, 0.25) is 0 Å². The topological polar surface area (TPSA) is 78.5 Å². The number of rotatable bonds is 1. The molecule has 0 amide bonds. The van der Waals surface area contributed by atoms with Crippen LogP contribution in [0.25, 0.3) is 0 Å². The Bertz CT molecular complexity index is 362. The van der Waals surface area contributed by atoms with Crippen molar-refractivity contribution < 1.29 is 9.90 Å². The summed E-state index contributed by atoms with van der Waals surface area (Å²) in [6.07, 6.45) is 1.97. The van der Waals surface area contributed by atoms with E-state index in [0.717, 1.165) is 12.1 Å². The molecule has 0 spiro atoms. The average Bonchev–Trinajstić information content (AvgIpc) is 2.46. The summed E-state index contributed by atoms with van der Waals surface area (Å²) >= 11 is 0. The number of nitrogens with zero attached hydrogens (tertiary/aromatic N) is 1. The number of hydrogen-bond donors (Lipinski definition) is 1. The van der Waals surface area contributed by atoms with E-state index in [4.69, 9.17) is 5.84 Å². The minimum atomic E-state index is -0.949. The molecule has 2 rings (SSSR count). The van der Waals surface area contributed by atoms with E-state index < -0.39 is 11.4 Å². The van der Waals surface area contributed by atoms with Crippen LogP contribution in [0, 0.1) is 16.2 Å². The maximum Gasteiger partial charge on any atom is 0.0485 e. The van der Waals surface area contributed by atoms with Gasteiger partial charge in [0, 0.05) is 22.5 Å². The second-order valence-corrected chi connectivity index (χ2v) is 5.58. The van der Waals surface area contributed by atoms with E-state index >= 15 is 0 Å². The Kier molecular flexibility index (Phi) is 1.77. The summed E-state index contributed by atoms with van der Waals surface area (Å²) in [6.45, 7) is 6.05. The van der Waals surface area contributed by atoms with Crippen LogP contribution in [0.5, 0.6) is 0 Å². The van der Waals surface area contributed by atoms with Crippen LogP contribution >= 0.6 is 0 Å². The quantitative estimate of drug-likeness (QED) is 0.497. The highest BCUT2D eigenvalue weighted by molar-refractivity contribution is 6.00. The maximum atomic E-state index is 11.4. The van der Waals surface area contributed by atoms with Crippen LogP contribution in [0.15, 0.2) is 5.10 Å². The molecule has 0 aliphatic heterocycles. The molecular weight excluding hydrogens is 192 g/mol. The Labute approximate surface area is 89.5 Å². The van der Waals surface area contributed by atoms with Gasteiger partial charge in [-0.2, -0.15) is 5.10 Å². The molecule has 0 aromatic carbocycles. The number of carbonyl (C=O) groups is 1. The molecular formula is C11H17N2O2-. The summed E-state index contributed by atoms with van der Waals surface area (Å²) in [6, 6.07) is 0. The van der Waals surface area contributed by atoms with E-state index in [1.807, 2.05) is 13.8 Å². The van der Waals surface area contributed by atoms with Crippen LogP contribution in [0.3, 0.4) is 0 Å². The van der Waals surface area contributed by atoms with E-state index in [1.54, 1.807) is 0 Å². The normalized spacial score (nSPS) is 44.9. The van der Waals surface area contributed by atoms with Crippen molar-refractivity contribution in [2.45, 2.75) is 40.0 Å². The zero-order valence-corrected chi connectivity index (χ0v) is 9.46. The lowest BCUT2D eigenvalue weighted by molar-refractivity contribution is -0.323. The fraction of sp³-hybridized carbons (Fsp3) is 0.818. The first-order valence-electron chi connectivity index (χ1n) is 5.30. The second-order valence-electron chi connectivity index (χ2n) is 5.58. The van der Waals surface area contributed by atoms with Gasteiger partial charge in [-0.05, 0) is 24.7 Å². The first kappa shape index (κ1) is 10.5. The van der Waals surface area contributed by atoms with Crippen molar-refractivity contribution in [2.75, 3.05) is 0 Å². The van der Waals surface area contributed by atoms with Crippen molar-refractivity contribution >= 4 is 11.7 Å². The molecule has 4 heteroatoms. The number of aliphatic carboxylic acids is 1. The molecule has 2 aliphatic rings. The molecule has 15 heavy (non-hydrogen) atoms. The summed E-state index contributed by atoms with van der Waals surface area (Å²) in [4.78, 5) is 11.4. The van der Waals surface area contributed by atoms with Gasteiger partial charge in [-0.3, -0.25) is 0 Å². The third kappa shape index (κ3) is 0.840. The summed E-state index contributed by atoms with van der Waals surface area (Å²) in [7, 11) is 0. The van der Waals surface area contributed by atoms with Crippen molar-refractivity contribution in [1.82, 2.24) is 0 Å². The van der Waals surface area contributed by atoms with Crippen LogP contribution in [-0.2, 0) is 4.79 Å². The van der Waals surface area contributed by atoms with Gasteiger partial charge in [-0.25, -0.2) is 0 Å². The van der Waals surface area contributed by atoms with E-state index in [2.05, 4.69) is 12.0 Å². The van der Waals surface area contributed by atoms with Crippen LogP contribution in [0.1, 0.15) is 40.0 Å². The number of nitrogens with two attached hydrogens (primary N) is 1. The van der Waals surface area contributed by atoms with Crippen molar-refractivity contribution in [3.05, 3.63) is 0 Å². The average molecular weight is 209 g/mol. The predicted molar refractivity (Wildman–Crippen MR) is 54.8 cm³/mol. The van der Waals surface area contributed by atoms with Crippen LogP contribution in [0.4, 0.5) is 0 Å². The number of carbonyl (C=O) groups excluding carboxylic acids is 1. The Morgan fingerprint density at radius 1 is 1.40 bits per heavy atom. The number of carboxylic acids is 1. The summed E-state index contributed by atoms with van der Waals surface area (Å²) in [5.41, 5.74) is -0.429. The van der Waals surface area contributed by atoms with Gasteiger partial charge in [0.1, 0.15) is 0 Å². The smallest absolute Gasteiger partial charge is 0.0485 e. The molecule has 0 saturated heterocycles. The second kappa shape index (κ2) is 2.54. The molecule has 2 aliphatic carbocycles. The molecule has 2 bridgehead atoms. The molecule has 0 unspecified atom stereocenters. The molecule has 84 valence electrons. The number of hydrazone groups is 1. The minimum Gasteiger partial charge on any atom is -0.550 e. The minimum absolute atomic E-state index is 0.179. The predicted octanol–water partition coefficient (Wildman–Crippen LogP) is 0.267. The van der Waals surface area contributed by atoms with E-state index in [9.17, 15) is 9.90 Å². The Balaban J connectivity index is 2.61. The van der Waals surface area contributed by atoms with Crippen molar-refractivity contribution in [1.29, 1.82) is 0 Å². The number of carboxylic acid groups (broad SMARTS) is 1. The fourth-order valence-corrected chi connectivity index (χ4v) is 3.53. The summed E-state index contributed by atoms with van der Waals surface area (Å²) in [5, 5.41) is 15.2. The van der Waals surface area contributed by atoms with Crippen LogP contribution < -0.4 is 10.9 Å². The standard InChI is InChI=1S/C11H18N2O2/c1-9(2)10(3)4-5-11(9,8(14)15)6-7(10)13-12/h4-6,12H2,1-3H3,(H,14,15)/p-1/b13-7-/t10-,11-/m0/s1. The molecule has 0 radical (unpaired) electrons. The van der Waals surface area contributed by atoms with Gasteiger partial charge in [-0.15, -0.1) is 0 Å². The highest BCUT2D eigenvalue weighted by Crippen LogP contribution is 2.70. The fourth-order valence-electron chi connectivity index (χ4n) is 3.53. The van der Waals surface area contributed by atoms with Gasteiger partial charge in [0.25, 0.3) is 0 Å². The summed E-state index contributed by atoms with van der Waals surface area (Å²) < 4.78 is 0. The van der Waals surface area contributed by atoms with Gasteiger partial charge in [0.2, 0.25) is 0 Å². The number of fused-ring (bicyclic) bond motifs is 2. The highest BCUT2D eigenvalue weighted by Gasteiger charge is 2.69. The lowest BCUT2D eigenvalue weighted by atomic mass is 9.65. The molecule has 2 N–H and O–H groups in total. The Morgan fingerprint density at radius 3 is 2.33 bits per heavy atom. The molecule has 2 atom stereocenters. The maximum absolute atomic E-state index is 11.4. The molecule has 2 saturated carbocycles. The number of hydrogen-bond acceptors (Lipinski definition) is 4. The lowest BCUT2D eigenvalue weighted by Crippen LogP contribution is -2.47. The molecule has 4 nitrogen and oxygen atoms in total. The molecule has 0 aromatic heterocycles. The van der Waals surface area contributed by atoms with Gasteiger partial charge >= 0.3 is 0 Å². The molecule has 2 fully saturated rings. The lowest BCUT2D eigenvalue weighted by Gasteiger charge is -2.41.